The van der Waals surface area contributed by atoms with E-state index in [4.69, 9.17) is 4.74 Å². The molecule has 0 bridgehead atoms. The Balaban J connectivity index is 1.46. The van der Waals surface area contributed by atoms with Gasteiger partial charge in [-0.25, -0.2) is 9.59 Å². The van der Waals surface area contributed by atoms with Crippen LogP contribution in [0.2, 0.25) is 0 Å². The van der Waals surface area contributed by atoms with Crippen LogP contribution in [0.25, 0.3) is 0 Å². The van der Waals surface area contributed by atoms with Crippen LogP contribution in [0.15, 0.2) is 0 Å². The van der Waals surface area contributed by atoms with Crippen molar-refractivity contribution in [1.82, 2.24) is 15.5 Å². The standard InChI is InChI=1S/C19H27N3O6/c1-11(22-16(24)13-8-4-5-9-14(13)17(22)25)18(26)28-10-15(23)21-19(27)20-12-6-2-3-7-12/h11-14H,2-10H2,1H3,(H2,20,21,23,27)/t11-,13+,14+/m0/s1. The minimum Gasteiger partial charge on any atom is -0.454 e. The predicted octanol–water partition coefficient (Wildman–Crippen LogP) is 0.862. The van der Waals surface area contributed by atoms with E-state index in [2.05, 4.69) is 10.6 Å². The summed E-state index contributed by atoms with van der Waals surface area (Å²) < 4.78 is 4.92. The maximum Gasteiger partial charge on any atom is 0.329 e. The molecule has 1 saturated heterocycles. The smallest absolute Gasteiger partial charge is 0.329 e. The molecule has 1 heterocycles. The summed E-state index contributed by atoms with van der Waals surface area (Å²) in [4.78, 5) is 61.8. The fourth-order valence-electron chi connectivity index (χ4n) is 4.39. The number of rotatable bonds is 5. The third-order valence-corrected chi connectivity index (χ3v) is 5.89. The second-order valence-corrected chi connectivity index (χ2v) is 7.83. The van der Waals surface area contributed by atoms with E-state index in [-0.39, 0.29) is 29.7 Å². The van der Waals surface area contributed by atoms with Crippen LogP contribution in [-0.4, -0.2) is 53.3 Å². The topological polar surface area (TPSA) is 122 Å². The summed E-state index contributed by atoms with van der Waals surface area (Å²) in [5.41, 5.74) is 0. The fourth-order valence-corrected chi connectivity index (χ4v) is 4.39. The summed E-state index contributed by atoms with van der Waals surface area (Å²) in [5.74, 6) is -2.97. The highest BCUT2D eigenvalue weighted by Crippen LogP contribution is 2.38. The first kappa shape index (κ1) is 20.3. The molecule has 9 nitrogen and oxygen atoms in total. The van der Waals surface area contributed by atoms with E-state index in [1.54, 1.807) is 0 Å². The molecule has 1 aliphatic heterocycles. The molecule has 0 aromatic heterocycles. The number of fused-ring (bicyclic) bond motifs is 1. The highest BCUT2D eigenvalue weighted by molar-refractivity contribution is 6.08. The van der Waals surface area contributed by atoms with Crippen LogP contribution >= 0.6 is 0 Å². The van der Waals surface area contributed by atoms with Crippen molar-refractivity contribution in [2.75, 3.05) is 6.61 Å². The van der Waals surface area contributed by atoms with E-state index in [0.717, 1.165) is 43.4 Å². The molecule has 2 aliphatic carbocycles. The number of nitrogens with one attached hydrogen (secondary N) is 2. The molecule has 0 spiro atoms. The van der Waals surface area contributed by atoms with Gasteiger partial charge in [0.25, 0.3) is 5.91 Å². The number of nitrogens with zero attached hydrogens (tertiary/aromatic N) is 1. The lowest BCUT2D eigenvalue weighted by atomic mass is 9.81. The molecule has 2 saturated carbocycles. The summed E-state index contributed by atoms with van der Waals surface area (Å²) in [7, 11) is 0. The predicted molar refractivity (Wildman–Crippen MR) is 96.7 cm³/mol. The van der Waals surface area contributed by atoms with E-state index in [9.17, 15) is 24.0 Å². The Bertz CT molecular complexity index is 649. The molecule has 154 valence electrons. The highest BCUT2D eigenvalue weighted by Gasteiger charge is 2.51. The lowest BCUT2D eigenvalue weighted by Crippen LogP contribution is -2.47. The molecule has 5 amide bonds. The number of hydrogen-bond donors (Lipinski definition) is 2. The third kappa shape index (κ3) is 4.34. The van der Waals surface area contributed by atoms with Crippen LogP contribution in [0.1, 0.15) is 58.3 Å². The Morgan fingerprint density at radius 2 is 1.54 bits per heavy atom. The number of hydrogen-bond acceptors (Lipinski definition) is 6. The number of likely N-dealkylation sites (tertiary alicyclic amines) is 1. The van der Waals surface area contributed by atoms with Crippen molar-refractivity contribution in [3.8, 4) is 0 Å². The minimum atomic E-state index is -1.09. The van der Waals surface area contributed by atoms with Crippen LogP contribution in [0.5, 0.6) is 0 Å². The van der Waals surface area contributed by atoms with Crippen molar-refractivity contribution < 1.29 is 28.7 Å². The molecule has 0 aromatic carbocycles. The third-order valence-electron chi connectivity index (χ3n) is 5.89. The molecule has 3 aliphatic rings. The van der Waals surface area contributed by atoms with Crippen molar-refractivity contribution in [2.45, 2.75) is 70.4 Å². The first-order valence-electron chi connectivity index (χ1n) is 10.0. The van der Waals surface area contributed by atoms with Crippen molar-refractivity contribution in [2.24, 2.45) is 11.8 Å². The Labute approximate surface area is 163 Å². The molecule has 0 aromatic rings. The lowest BCUT2D eigenvalue weighted by Gasteiger charge is -2.21. The molecular formula is C19H27N3O6. The van der Waals surface area contributed by atoms with Crippen molar-refractivity contribution in [3.05, 3.63) is 0 Å². The van der Waals surface area contributed by atoms with Crippen LogP contribution in [0.4, 0.5) is 4.79 Å². The Morgan fingerprint density at radius 1 is 1.00 bits per heavy atom. The Morgan fingerprint density at radius 3 is 2.11 bits per heavy atom. The van der Waals surface area contributed by atoms with Crippen molar-refractivity contribution >= 4 is 29.7 Å². The molecule has 9 heteroatoms. The average molecular weight is 393 g/mol. The second-order valence-electron chi connectivity index (χ2n) is 7.83. The molecule has 3 fully saturated rings. The van der Waals surface area contributed by atoms with Crippen LogP contribution in [0.3, 0.4) is 0 Å². The van der Waals surface area contributed by atoms with Gasteiger partial charge in [-0.05, 0) is 32.6 Å². The number of carbonyl (C=O) groups is 5. The Kier molecular flexibility index (Phi) is 6.31. The lowest BCUT2D eigenvalue weighted by molar-refractivity contribution is -0.159. The minimum absolute atomic E-state index is 0.0612. The van der Waals surface area contributed by atoms with E-state index in [1.165, 1.54) is 6.92 Å². The van der Waals surface area contributed by atoms with Crippen LogP contribution in [-0.2, 0) is 23.9 Å². The number of ether oxygens (including phenoxy) is 1. The van der Waals surface area contributed by atoms with Gasteiger partial charge in [-0.15, -0.1) is 0 Å². The zero-order chi connectivity index (χ0) is 20.3. The highest BCUT2D eigenvalue weighted by atomic mass is 16.5. The molecule has 3 atom stereocenters. The first-order chi connectivity index (χ1) is 13.4. The monoisotopic (exact) mass is 393 g/mol. The van der Waals surface area contributed by atoms with Gasteiger partial charge in [-0.2, -0.15) is 0 Å². The van der Waals surface area contributed by atoms with Crippen molar-refractivity contribution in [3.63, 3.8) is 0 Å². The van der Waals surface area contributed by atoms with Crippen LogP contribution < -0.4 is 10.6 Å². The van der Waals surface area contributed by atoms with Gasteiger partial charge in [0.2, 0.25) is 11.8 Å². The Hall–Kier alpha value is -2.45. The molecule has 28 heavy (non-hydrogen) atoms. The van der Waals surface area contributed by atoms with E-state index < -0.39 is 30.6 Å². The van der Waals surface area contributed by atoms with Gasteiger partial charge in [-0.3, -0.25) is 24.6 Å². The van der Waals surface area contributed by atoms with Gasteiger partial charge in [0.05, 0.1) is 11.8 Å². The first-order valence-corrected chi connectivity index (χ1v) is 10.0. The summed E-state index contributed by atoms with van der Waals surface area (Å²) in [6.45, 7) is 0.768. The van der Waals surface area contributed by atoms with Gasteiger partial charge < -0.3 is 10.1 Å². The normalized spacial score (nSPS) is 26.0. The van der Waals surface area contributed by atoms with E-state index in [0.29, 0.717) is 12.8 Å². The summed E-state index contributed by atoms with van der Waals surface area (Å²) >= 11 is 0. The average Bonchev–Trinajstić information content (AvgIpc) is 3.26. The number of carbonyl (C=O) groups excluding carboxylic acids is 5. The van der Waals surface area contributed by atoms with Crippen molar-refractivity contribution in [1.29, 1.82) is 0 Å². The van der Waals surface area contributed by atoms with Gasteiger partial charge >= 0.3 is 12.0 Å². The summed E-state index contributed by atoms with van der Waals surface area (Å²) in [6.07, 6.45) is 6.97. The number of urea groups is 1. The maximum absolute atomic E-state index is 12.5. The van der Waals surface area contributed by atoms with Gasteiger partial charge in [0.15, 0.2) is 6.61 Å². The van der Waals surface area contributed by atoms with Gasteiger partial charge in [-0.1, -0.05) is 25.7 Å². The van der Waals surface area contributed by atoms with Gasteiger partial charge in [0.1, 0.15) is 6.04 Å². The molecular weight excluding hydrogens is 366 g/mol. The largest absolute Gasteiger partial charge is 0.454 e. The maximum atomic E-state index is 12.5. The van der Waals surface area contributed by atoms with Gasteiger partial charge in [0, 0.05) is 6.04 Å². The van der Waals surface area contributed by atoms with E-state index in [1.807, 2.05) is 0 Å². The molecule has 3 rings (SSSR count). The quantitative estimate of drug-likeness (QED) is 0.528. The summed E-state index contributed by atoms with van der Waals surface area (Å²) in [5, 5.41) is 4.81. The SMILES string of the molecule is C[C@@H](C(=O)OCC(=O)NC(=O)NC1CCCC1)N1C(=O)[C@@H]2CCCC[C@H]2C1=O. The molecule has 0 radical (unpaired) electrons. The van der Waals surface area contributed by atoms with E-state index >= 15 is 0 Å². The zero-order valence-corrected chi connectivity index (χ0v) is 16.1. The van der Waals surface area contributed by atoms with Crippen LogP contribution in [0, 0.1) is 11.8 Å². The fraction of sp³-hybridized carbons (Fsp3) is 0.737. The number of imide groups is 2. The zero-order valence-electron chi connectivity index (χ0n) is 16.1. The molecule has 0 unspecified atom stereocenters. The number of amides is 5. The summed E-state index contributed by atoms with van der Waals surface area (Å²) in [6, 6.07) is -1.65. The number of esters is 1. The second kappa shape index (κ2) is 8.70. The molecule has 2 N–H and O–H groups in total.